The van der Waals surface area contributed by atoms with E-state index in [1.54, 1.807) is 0 Å². The van der Waals surface area contributed by atoms with Crippen LogP contribution in [0.1, 0.15) is 24.5 Å². The third-order valence-electron chi connectivity index (χ3n) is 4.46. The number of carbonyl (C=O) groups excluding carboxylic acids is 1. The van der Waals surface area contributed by atoms with E-state index in [0.717, 1.165) is 11.2 Å². The number of aromatic hydroxyl groups is 1. The summed E-state index contributed by atoms with van der Waals surface area (Å²) in [7, 11) is 0. The summed E-state index contributed by atoms with van der Waals surface area (Å²) in [6, 6.07) is 2.01. The van der Waals surface area contributed by atoms with Gasteiger partial charge in [-0.3, -0.25) is 0 Å². The molecule has 12 heteroatoms. The summed E-state index contributed by atoms with van der Waals surface area (Å²) in [5.41, 5.74) is 0.662. The van der Waals surface area contributed by atoms with Crippen molar-refractivity contribution in [3.63, 3.8) is 0 Å². The number of nitrogens with one attached hydrogen (secondary N) is 1. The van der Waals surface area contributed by atoms with Gasteiger partial charge in [0.2, 0.25) is 5.92 Å². The van der Waals surface area contributed by atoms with Crippen molar-refractivity contribution in [3.8, 4) is 17.5 Å². The van der Waals surface area contributed by atoms with Crippen LogP contribution < -0.4 is 15.1 Å². The molecule has 1 fully saturated rings. The number of ether oxygens (including phenoxy) is 1. The number of amides is 2. The van der Waals surface area contributed by atoms with E-state index < -0.39 is 30.7 Å². The van der Waals surface area contributed by atoms with Crippen LogP contribution >= 0.6 is 23.2 Å². The van der Waals surface area contributed by atoms with Crippen molar-refractivity contribution in [1.29, 1.82) is 0 Å². The van der Waals surface area contributed by atoms with Crippen molar-refractivity contribution in [3.05, 3.63) is 46.3 Å². The first-order chi connectivity index (χ1) is 14.1. The van der Waals surface area contributed by atoms with E-state index in [0.29, 0.717) is 5.70 Å². The van der Waals surface area contributed by atoms with E-state index >= 15 is 0 Å². The van der Waals surface area contributed by atoms with Gasteiger partial charge < -0.3 is 15.2 Å². The molecule has 2 amide bonds. The standard InChI is InChI=1S/C18H13Cl2F2N5O3/c1-8-6-24-27(17(29)25-8)10-2-11(19)15(12(20)3-10)30-16-23-7-13(28)14(26-16)9-4-18(21,22)5-9/h2-3,6-7,9,28H,1,4-5H2,(H,25,29). The first kappa shape index (κ1) is 20.3. The maximum Gasteiger partial charge on any atom is 0.347 e. The van der Waals surface area contributed by atoms with Gasteiger partial charge in [0.25, 0.3) is 0 Å². The minimum absolute atomic E-state index is 0.0107. The van der Waals surface area contributed by atoms with E-state index in [2.05, 4.69) is 27.0 Å². The van der Waals surface area contributed by atoms with Crippen molar-refractivity contribution in [2.75, 3.05) is 5.01 Å². The first-order valence-electron chi connectivity index (χ1n) is 8.57. The second-order valence-corrected chi connectivity index (χ2v) is 7.55. The van der Waals surface area contributed by atoms with Crippen LogP contribution in [0.3, 0.4) is 0 Å². The Morgan fingerprint density at radius 2 is 1.97 bits per heavy atom. The second-order valence-electron chi connectivity index (χ2n) is 6.74. The predicted molar refractivity (Wildman–Crippen MR) is 106 cm³/mol. The van der Waals surface area contributed by atoms with Gasteiger partial charge in [-0.2, -0.15) is 20.1 Å². The zero-order valence-electron chi connectivity index (χ0n) is 15.1. The smallest absolute Gasteiger partial charge is 0.347 e. The summed E-state index contributed by atoms with van der Waals surface area (Å²) in [5.74, 6) is -3.69. The van der Waals surface area contributed by atoms with Crippen LogP contribution in [0.5, 0.6) is 17.5 Å². The Hall–Kier alpha value is -2.98. The van der Waals surface area contributed by atoms with Crippen molar-refractivity contribution < 1.29 is 23.4 Å². The highest BCUT2D eigenvalue weighted by atomic mass is 35.5. The maximum absolute atomic E-state index is 13.2. The number of rotatable bonds is 4. The molecule has 1 aliphatic carbocycles. The number of hydrazone groups is 1. The fourth-order valence-corrected chi connectivity index (χ4v) is 3.57. The van der Waals surface area contributed by atoms with E-state index in [1.165, 1.54) is 18.3 Å². The zero-order valence-corrected chi connectivity index (χ0v) is 16.6. The second kappa shape index (κ2) is 7.37. The van der Waals surface area contributed by atoms with Gasteiger partial charge in [-0.1, -0.05) is 29.8 Å². The Balaban J connectivity index is 1.59. The minimum Gasteiger partial charge on any atom is -0.504 e. The third-order valence-corrected chi connectivity index (χ3v) is 5.02. The summed E-state index contributed by atoms with van der Waals surface area (Å²) in [5, 5.41) is 17.4. The van der Waals surface area contributed by atoms with Gasteiger partial charge in [-0.15, -0.1) is 0 Å². The van der Waals surface area contributed by atoms with Crippen LogP contribution in [0.2, 0.25) is 10.0 Å². The number of hydrogen-bond donors (Lipinski definition) is 2. The molecule has 1 aromatic heterocycles. The van der Waals surface area contributed by atoms with Gasteiger partial charge in [0, 0.05) is 18.8 Å². The van der Waals surface area contributed by atoms with Crippen LogP contribution in [0, 0.1) is 0 Å². The van der Waals surface area contributed by atoms with Crippen molar-refractivity contribution in [2.24, 2.45) is 5.10 Å². The number of anilines is 1. The third kappa shape index (κ3) is 3.88. The molecule has 1 aliphatic heterocycles. The molecule has 156 valence electrons. The van der Waals surface area contributed by atoms with Crippen LogP contribution in [0.15, 0.2) is 35.7 Å². The average molecular weight is 456 g/mol. The lowest BCUT2D eigenvalue weighted by atomic mass is 9.79. The fourth-order valence-electron chi connectivity index (χ4n) is 3.02. The lowest BCUT2D eigenvalue weighted by Crippen LogP contribution is -2.40. The van der Waals surface area contributed by atoms with E-state index in [4.69, 9.17) is 27.9 Å². The van der Waals surface area contributed by atoms with Crippen molar-refractivity contribution in [2.45, 2.75) is 24.7 Å². The van der Waals surface area contributed by atoms with Gasteiger partial charge in [-0.05, 0) is 12.1 Å². The Kier molecular flexibility index (Phi) is 4.99. The molecule has 0 bridgehead atoms. The summed E-state index contributed by atoms with van der Waals surface area (Å²) < 4.78 is 31.9. The van der Waals surface area contributed by atoms with E-state index in [9.17, 15) is 18.7 Å². The van der Waals surface area contributed by atoms with Gasteiger partial charge >= 0.3 is 12.0 Å². The van der Waals surface area contributed by atoms with Crippen molar-refractivity contribution in [1.82, 2.24) is 15.3 Å². The molecule has 2 aliphatic rings. The minimum atomic E-state index is -2.78. The number of aromatic nitrogens is 2. The number of urea groups is 1. The molecule has 30 heavy (non-hydrogen) atoms. The Morgan fingerprint density at radius 3 is 2.57 bits per heavy atom. The number of alkyl halides is 2. The Morgan fingerprint density at radius 1 is 1.30 bits per heavy atom. The van der Waals surface area contributed by atoms with Gasteiger partial charge in [0.15, 0.2) is 11.5 Å². The predicted octanol–water partition coefficient (Wildman–Crippen LogP) is 4.82. The highest BCUT2D eigenvalue weighted by molar-refractivity contribution is 6.37. The number of hydrogen-bond acceptors (Lipinski definition) is 6. The van der Waals surface area contributed by atoms with E-state index in [-0.39, 0.29) is 38.9 Å². The maximum atomic E-state index is 13.2. The summed E-state index contributed by atoms with van der Waals surface area (Å²) >= 11 is 12.5. The number of carbonyl (C=O) groups is 1. The van der Waals surface area contributed by atoms with Gasteiger partial charge in [0.1, 0.15) is 0 Å². The molecule has 0 unspecified atom stereocenters. The molecule has 8 nitrogen and oxygen atoms in total. The molecule has 0 saturated heterocycles. The first-order valence-corrected chi connectivity index (χ1v) is 9.33. The Bertz CT molecular complexity index is 1060. The molecule has 1 aromatic carbocycles. The highest BCUT2D eigenvalue weighted by Crippen LogP contribution is 2.50. The molecule has 1 saturated carbocycles. The zero-order chi connectivity index (χ0) is 21.6. The fraction of sp³-hybridized carbons (Fsp3) is 0.222. The average Bonchev–Trinajstić information content (AvgIpc) is 2.64. The molecular formula is C18H13Cl2F2N5O3. The Labute approximate surface area is 178 Å². The number of benzene rings is 1. The lowest BCUT2D eigenvalue weighted by molar-refractivity contribution is -0.0880. The summed E-state index contributed by atoms with van der Waals surface area (Å²) in [4.78, 5) is 19.9. The molecular weight excluding hydrogens is 443 g/mol. The van der Waals surface area contributed by atoms with Gasteiger partial charge in [0.05, 0.1) is 39.5 Å². The molecule has 0 radical (unpaired) electrons. The van der Waals surface area contributed by atoms with Crippen LogP contribution in [0.4, 0.5) is 19.3 Å². The van der Waals surface area contributed by atoms with Crippen molar-refractivity contribution >= 4 is 41.1 Å². The molecule has 2 N–H and O–H groups in total. The lowest BCUT2D eigenvalue weighted by Gasteiger charge is -2.34. The number of halogens is 4. The quantitative estimate of drug-likeness (QED) is 0.687. The molecule has 0 spiro atoms. The molecule has 4 rings (SSSR count). The van der Waals surface area contributed by atoms with Crippen LogP contribution in [-0.4, -0.2) is 33.2 Å². The van der Waals surface area contributed by atoms with Gasteiger partial charge in [-0.25, -0.2) is 13.6 Å². The van der Waals surface area contributed by atoms with Crippen LogP contribution in [-0.2, 0) is 0 Å². The summed E-state index contributed by atoms with van der Waals surface area (Å²) in [6.45, 7) is 3.58. The SMILES string of the molecule is C=C1C=NN(c2cc(Cl)c(Oc3ncc(O)c(C4CC(F)(F)C4)n3)c(Cl)c2)C(=O)N1. The largest absolute Gasteiger partial charge is 0.504 e. The van der Waals surface area contributed by atoms with Crippen LogP contribution in [0.25, 0.3) is 0 Å². The molecule has 2 aromatic rings. The normalized spacial score (nSPS) is 18.2. The highest BCUT2D eigenvalue weighted by Gasteiger charge is 2.47. The van der Waals surface area contributed by atoms with E-state index in [1.807, 2.05) is 0 Å². The molecule has 0 atom stereocenters. The summed E-state index contributed by atoms with van der Waals surface area (Å²) in [6.07, 6.45) is 1.57. The molecule has 2 heterocycles. The topological polar surface area (TPSA) is 99.9 Å². The number of allylic oxidation sites excluding steroid dienone is 1. The monoisotopic (exact) mass is 455 g/mol. The number of nitrogens with zero attached hydrogens (tertiary/aromatic N) is 4.